The van der Waals surface area contributed by atoms with Gasteiger partial charge >= 0.3 is 0 Å². The highest BCUT2D eigenvalue weighted by Gasteiger charge is 2.36. The maximum absolute atomic E-state index is 12.9. The number of benzene rings is 1. The molecule has 2 aromatic rings. The van der Waals surface area contributed by atoms with Gasteiger partial charge in [0.05, 0.1) is 5.92 Å². The Morgan fingerprint density at radius 2 is 2.08 bits per heavy atom. The minimum Gasteiger partial charge on any atom is -0.361 e. The van der Waals surface area contributed by atoms with Crippen LogP contribution in [0, 0.1) is 5.92 Å². The molecule has 1 aromatic carbocycles. The van der Waals surface area contributed by atoms with Crippen LogP contribution in [0.4, 0.5) is 0 Å². The van der Waals surface area contributed by atoms with Gasteiger partial charge in [0.15, 0.2) is 0 Å². The average molecular weight is 349 g/mol. The van der Waals surface area contributed by atoms with Gasteiger partial charge in [0.1, 0.15) is 0 Å². The zero-order valence-corrected chi connectivity index (χ0v) is 15.4. The van der Waals surface area contributed by atoms with Crippen LogP contribution in [0.1, 0.15) is 43.2 Å². The van der Waals surface area contributed by atoms with Crippen LogP contribution in [0.5, 0.6) is 0 Å². The van der Waals surface area contributed by atoms with E-state index in [0.717, 1.165) is 25.8 Å². The first-order valence-electron chi connectivity index (χ1n) is 10.0. The van der Waals surface area contributed by atoms with Crippen molar-refractivity contribution in [1.29, 1.82) is 0 Å². The fourth-order valence-electron chi connectivity index (χ4n) is 5.17. The first-order valence-corrected chi connectivity index (χ1v) is 10.0. The Kier molecular flexibility index (Phi) is 3.89. The minimum absolute atomic E-state index is 0.0519. The van der Waals surface area contributed by atoms with Crippen molar-refractivity contribution in [3.8, 4) is 0 Å². The number of aromatic nitrogens is 1. The lowest BCUT2D eigenvalue weighted by Crippen LogP contribution is -2.48. The molecule has 1 amide bonds. The van der Waals surface area contributed by atoms with Gasteiger partial charge < -0.3 is 10.3 Å². The number of amides is 1. The summed E-state index contributed by atoms with van der Waals surface area (Å²) in [5.74, 6) is 0.158. The molecule has 2 atom stereocenters. The number of carbonyl (C=O) groups is 1. The second kappa shape index (κ2) is 6.27. The molecular formula is C22H27N3O. The molecule has 1 saturated carbocycles. The summed E-state index contributed by atoms with van der Waals surface area (Å²) in [6, 6.07) is 7.23. The molecule has 0 bridgehead atoms. The average Bonchev–Trinajstić information content (AvgIpc) is 3.08. The summed E-state index contributed by atoms with van der Waals surface area (Å²) in [5, 5.41) is 4.67. The number of aromatic amines is 1. The largest absolute Gasteiger partial charge is 0.361 e. The molecular weight excluding hydrogens is 322 g/mol. The third-order valence-electron chi connectivity index (χ3n) is 6.56. The van der Waals surface area contributed by atoms with Crippen LogP contribution in [0.3, 0.4) is 0 Å². The van der Waals surface area contributed by atoms with Gasteiger partial charge in [-0.05, 0) is 49.1 Å². The SMILES string of the molecule is CN1C[C@H](C(=O)NC2CCCCC2)C=C2c3cccc4[nH]cc(c34)C[C@H]21. The standard InChI is InChI=1S/C22H27N3O/c1-25-13-15(22(26)24-16-6-3-2-4-7-16)10-18-17-8-5-9-19-21(17)14(12-23-19)11-20(18)25/h5,8-10,12,15-16,20,23H,2-4,6-7,11,13H2,1H3,(H,24,26)/t15-,20-/m1/s1. The van der Waals surface area contributed by atoms with E-state index in [1.165, 1.54) is 46.9 Å². The van der Waals surface area contributed by atoms with Crippen LogP contribution in [0.2, 0.25) is 0 Å². The predicted molar refractivity (Wildman–Crippen MR) is 105 cm³/mol. The lowest BCUT2D eigenvalue weighted by molar-refractivity contribution is -0.125. The van der Waals surface area contributed by atoms with E-state index in [4.69, 9.17) is 0 Å². The highest BCUT2D eigenvalue weighted by Crippen LogP contribution is 2.40. The molecule has 26 heavy (non-hydrogen) atoms. The van der Waals surface area contributed by atoms with Gasteiger partial charge in [0.2, 0.25) is 5.91 Å². The van der Waals surface area contributed by atoms with E-state index in [-0.39, 0.29) is 11.8 Å². The van der Waals surface area contributed by atoms with Gasteiger partial charge in [-0.15, -0.1) is 0 Å². The number of H-pyrrole nitrogens is 1. The molecule has 1 aliphatic heterocycles. The summed E-state index contributed by atoms with van der Waals surface area (Å²) in [7, 11) is 2.16. The summed E-state index contributed by atoms with van der Waals surface area (Å²) in [6.07, 6.45) is 11.5. The molecule has 2 N–H and O–H groups in total. The van der Waals surface area contributed by atoms with Gasteiger partial charge in [-0.25, -0.2) is 0 Å². The monoisotopic (exact) mass is 349 g/mol. The van der Waals surface area contributed by atoms with Gasteiger partial charge in [0.25, 0.3) is 0 Å². The lowest BCUT2D eigenvalue weighted by Gasteiger charge is -2.39. The maximum Gasteiger partial charge on any atom is 0.228 e. The first kappa shape index (κ1) is 16.1. The van der Waals surface area contributed by atoms with E-state index in [9.17, 15) is 4.79 Å². The van der Waals surface area contributed by atoms with E-state index in [2.05, 4.69) is 52.7 Å². The molecule has 2 aliphatic carbocycles. The Morgan fingerprint density at radius 3 is 2.92 bits per heavy atom. The quantitative estimate of drug-likeness (QED) is 0.872. The molecule has 1 aromatic heterocycles. The van der Waals surface area contributed by atoms with Gasteiger partial charge in [-0.1, -0.05) is 37.5 Å². The van der Waals surface area contributed by atoms with Crippen molar-refractivity contribution in [1.82, 2.24) is 15.2 Å². The Morgan fingerprint density at radius 1 is 1.23 bits per heavy atom. The molecule has 0 unspecified atom stereocenters. The van der Waals surface area contributed by atoms with Gasteiger partial charge in [-0.3, -0.25) is 9.69 Å². The van der Waals surface area contributed by atoms with E-state index in [1.54, 1.807) is 0 Å². The number of fused-ring (bicyclic) bond motifs is 2. The van der Waals surface area contributed by atoms with E-state index in [1.807, 2.05) is 0 Å². The van der Waals surface area contributed by atoms with Gasteiger partial charge in [0, 0.05) is 35.7 Å². The molecule has 4 heteroatoms. The summed E-state index contributed by atoms with van der Waals surface area (Å²) in [5.41, 5.74) is 5.24. The zero-order valence-electron chi connectivity index (χ0n) is 15.4. The topological polar surface area (TPSA) is 48.1 Å². The van der Waals surface area contributed by atoms with Crippen LogP contribution in [0.25, 0.3) is 16.5 Å². The molecule has 0 spiro atoms. The van der Waals surface area contributed by atoms with Crippen molar-refractivity contribution in [3.63, 3.8) is 0 Å². The molecule has 2 heterocycles. The molecule has 1 fully saturated rings. The van der Waals surface area contributed by atoms with Crippen molar-refractivity contribution in [2.45, 2.75) is 50.6 Å². The maximum atomic E-state index is 12.9. The molecule has 0 radical (unpaired) electrons. The molecule has 4 nitrogen and oxygen atoms in total. The lowest BCUT2D eigenvalue weighted by atomic mass is 9.79. The number of likely N-dealkylation sites (N-methyl/N-ethyl adjacent to an activating group) is 1. The molecule has 0 saturated heterocycles. The number of nitrogens with one attached hydrogen (secondary N) is 2. The Hall–Kier alpha value is -2.07. The second-order valence-electron chi connectivity index (χ2n) is 8.27. The Labute approximate surface area is 154 Å². The van der Waals surface area contributed by atoms with E-state index < -0.39 is 0 Å². The number of carbonyl (C=O) groups excluding carboxylic acids is 1. The van der Waals surface area contributed by atoms with Crippen LogP contribution in [-0.4, -0.2) is 41.5 Å². The molecule has 3 aliphatic rings. The highest BCUT2D eigenvalue weighted by molar-refractivity contribution is 5.99. The Balaban J connectivity index is 1.47. The van der Waals surface area contributed by atoms with Crippen LogP contribution in [-0.2, 0) is 11.2 Å². The van der Waals surface area contributed by atoms with Crippen LogP contribution < -0.4 is 5.32 Å². The number of hydrogen-bond donors (Lipinski definition) is 2. The van der Waals surface area contributed by atoms with Crippen molar-refractivity contribution < 1.29 is 4.79 Å². The van der Waals surface area contributed by atoms with Crippen molar-refractivity contribution in [2.24, 2.45) is 5.92 Å². The summed E-state index contributed by atoms with van der Waals surface area (Å²) in [6.45, 7) is 0.808. The normalized spacial score (nSPS) is 26.4. The first-order chi connectivity index (χ1) is 12.7. The number of nitrogens with zero attached hydrogens (tertiary/aromatic N) is 1. The van der Waals surface area contributed by atoms with Gasteiger partial charge in [-0.2, -0.15) is 0 Å². The van der Waals surface area contributed by atoms with Crippen molar-refractivity contribution in [2.75, 3.05) is 13.6 Å². The predicted octanol–water partition coefficient (Wildman–Crippen LogP) is 3.49. The van der Waals surface area contributed by atoms with Crippen molar-refractivity contribution >= 4 is 22.4 Å². The fourth-order valence-corrected chi connectivity index (χ4v) is 5.17. The third-order valence-corrected chi connectivity index (χ3v) is 6.56. The highest BCUT2D eigenvalue weighted by atomic mass is 16.2. The summed E-state index contributed by atoms with van der Waals surface area (Å²) < 4.78 is 0. The minimum atomic E-state index is -0.0519. The number of rotatable bonds is 2. The van der Waals surface area contributed by atoms with Crippen LogP contribution in [0.15, 0.2) is 30.5 Å². The van der Waals surface area contributed by atoms with Crippen LogP contribution >= 0.6 is 0 Å². The number of hydrogen-bond acceptors (Lipinski definition) is 2. The van der Waals surface area contributed by atoms with E-state index >= 15 is 0 Å². The van der Waals surface area contributed by atoms with E-state index in [0.29, 0.717) is 12.1 Å². The Bertz CT molecular complexity index is 875. The molecule has 5 rings (SSSR count). The van der Waals surface area contributed by atoms with Crippen molar-refractivity contribution in [3.05, 3.63) is 41.6 Å². The molecule has 136 valence electrons. The summed E-state index contributed by atoms with van der Waals surface area (Å²) in [4.78, 5) is 18.7. The summed E-state index contributed by atoms with van der Waals surface area (Å²) >= 11 is 0. The third kappa shape index (κ3) is 2.59. The smallest absolute Gasteiger partial charge is 0.228 e. The second-order valence-corrected chi connectivity index (χ2v) is 8.27. The fraction of sp³-hybridized carbons (Fsp3) is 0.500. The zero-order chi connectivity index (χ0) is 17.7.